The van der Waals surface area contributed by atoms with Crippen molar-refractivity contribution in [1.82, 2.24) is 10.9 Å². The van der Waals surface area contributed by atoms with E-state index in [0.717, 1.165) is 5.56 Å². The van der Waals surface area contributed by atoms with Gasteiger partial charge in [0.1, 0.15) is 5.60 Å². The van der Waals surface area contributed by atoms with Crippen molar-refractivity contribution in [2.45, 2.75) is 32.9 Å². The van der Waals surface area contributed by atoms with Crippen LogP contribution in [0.1, 0.15) is 26.3 Å². The van der Waals surface area contributed by atoms with Gasteiger partial charge in [-0.2, -0.15) is 0 Å². The lowest BCUT2D eigenvalue weighted by Gasteiger charge is -2.19. The predicted octanol–water partition coefficient (Wildman–Crippen LogP) is 3.52. The van der Waals surface area contributed by atoms with Crippen LogP contribution < -0.4 is 10.9 Å². The summed E-state index contributed by atoms with van der Waals surface area (Å²) in [5.74, 6) is 0. The van der Waals surface area contributed by atoms with Crippen LogP contribution in [0.2, 0.25) is 10.0 Å². The maximum absolute atomic E-state index is 11.3. The summed E-state index contributed by atoms with van der Waals surface area (Å²) in [7, 11) is 0. The summed E-state index contributed by atoms with van der Waals surface area (Å²) in [6.07, 6.45) is -0.525. The minimum atomic E-state index is -0.525. The molecule has 0 atom stereocenters. The van der Waals surface area contributed by atoms with E-state index in [1.54, 1.807) is 32.9 Å². The third kappa shape index (κ3) is 5.58. The molecule has 1 amide bonds. The number of halogens is 2. The molecule has 0 saturated heterocycles. The van der Waals surface area contributed by atoms with Crippen LogP contribution >= 0.6 is 23.2 Å². The normalized spacial score (nSPS) is 11.2. The molecule has 0 spiro atoms. The predicted molar refractivity (Wildman–Crippen MR) is 72.7 cm³/mol. The van der Waals surface area contributed by atoms with Crippen LogP contribution in [0.5, 0.6) is 0 Å². The molecule has 0 saturated carbocycles. The molecule has 4 nitrogen and oxygen atoms in total. The number of nitrogens with one attached hydrogen (secondary N) is 2. The standard InChI is InChI=1S/C12H16Cl2N2O2/c1-12(2,3)18-11(17)16-15-7-8-4-5-9(13)10(14)6-8/h4-6,15H,7H2,1-3H3,(H,16,17). The van der Waals surface area contributed by atoms with Gasteiger partial charge >= 0.3 is 6.09 Å². The smallest absolute Gasteiger partial charge is 0.422 e. The van der Waals surface area contributed by atoms with Crippen molar-refractivity contribution in [3.05, 3.63) is 33.8 Å². The Hall–Kier alpha value is -0.970. The molecule has 0 aliphatic carbocycles. The molecule has 0 aliphatic heterocycles. The summed E-state index contributed by atoms with van der Waals surface area (Å²) in [5, 5.41) is 0.980. The maximum Gasteiger partial charge on any atom is 0.422 e. The number of rotatable bonds is 3. The number of carbonyl (C=O) groups excluding carboxylic acids is 1. The zero-order chi connectivity index (χ0) is 13.8. The van der Waals surface area contributed by atoms with Gasteiger partial charge in [0.25, 0.3) is 0 Å². The lowest BCUT2D eigenvalue weighted by molar-refractivity contribution is 0.0497. The first-order valence-corrected chi connectivity index (χ1v) is 6.19. The van der Waals surface area contributed by atoms with Crippen LogP contribution in [0.25, 0.3) is 0 Å². The Bertz CT molecular complexity index is 431. The van der Waals surface area contributed by atoms with Crippen LogP contribution in [0.4, 0.5) is 4.79 Å². The molecule has 1 rings (SSSR count). The fraction of sp³-hybridized carbons (Fsp3) is 0.417. The number of carbonyl (C=O) groups is 1. The van der Waals surface area contributed by atoms with E-state index in [0.29, 0.717) is 16.6 Å². The quantitative estimate of drug-likeness (QED) is 0.838. The van der Waals surface area contributed by atoms with Crippen molar-refractivity contribution in [2.75, 3.05) is 0 Å². The van der Waals surface area contributed by atoms with Crippen molar-refractivity contribution in [1.29, 1.82) is 0 Å². The molecular weight excluding hydrogens is 275 g/mol. The summed E-state index contributed by atoms with van der Waals surface area (Å²) >= 11 is 11.7. The minimum Gasteiger partial charge on any atom is -0.443 e. The van der Waals surface area contributed by atoms with Gasteiger partial charge in [0.2, 0.25) is 0 Å². The Morgan fingerprint density at radius 1 is 1.28 bits per heavy atom. The molecule has 0 heterocycles. The van der Waals surface area contributed by atoms with E-state index in [2.05, 4.69) is 10.9 Å². The van der Waals surface area contributed by atoms with E-state index >= 15 is 0 Å². The summed E-state index contributed by atoms with van der Waals surface area (Å²) < 4.78 is 5.06. The summed E-state index contributed by atoms with van der Waals surface area (Å²) in [5.41, 5.74) is 5.56. The van der Waals surface area contributed by atoms with Gasteiger partial charge in [-0.15, -0.1) is 0 Å². The zero-order valence-electron chi connectivity index (χ0n) is 10.5. The number of ether oxygens (including phenoxy) is 1. The molecule has 6 heteroatoms. The number of hydrazine groups is 1. The average molecular weight is 291 g/mol. The summed E-state index contributed by atoms with van der Waals surface area (Å²) in [6.45, 7) is 5.82. The molecule has 100 valence electrons. The third-order valence-corrected chi connectivity index (χ3v) is 2.60. The summed E-state index contributed by atoms with van der Waals surface area (Å²) in [6, 6.07) is 5.25. The van der Waals surface area contributed by atoms with Gasteiger partial charge in [-0.05, 0) is 38.5 Å². The van der Waals surface area contributed by atoms with Gasteiger partial charge in [-0.3, -0.25) is 5.43 Å². The highest BCUT2D eigenvalue weighted by molar-refractivity contribution is 6.42. The highest BCUT2D eigenvalue weighted by Crippen LogP contribution is 2.22. The average Bonchev–Trinajstić information content (AvgIpc) is 2.20. The fourth-order valence-corrected chi connectivity index (χ4v) is 1.49. The summed E-state index contributed by atoms with van der Waals surface area (Å²) in [4.78, 5) is 11.3. The molecule has 0 radical (unpaired) electrons. The van der Waals surface area contributed by atoms with Crippen LogP contribution in [-0.2, 0) is 11.3 Å². The Morgan fingerprint density at radius 2 is 1.94 bits per heavy atom. The van der Waals surface area contributed by atoms with Gasteiger partial charge in [-0.1, -0.05) is 29.3 Å². The second kappa shape index (κ2) is 6.27. The van der Waals surface area contributed by atoms with E-state index in [1.807, 2.05) is 6.07 Å². The molecular formula is C12H16Cl2N2O2. The maximum atomic E-state index is 11.3. The second-order valence-electron chi connectivity index (χ2n) is 4.73. The topological polar surface area (TPSA) is 50.4 Å². The molecule has 0 unspecified atom stereocenters. The van der Waals surface area contributed by atoms with Gasteiger partial charge in [0, 0.05) is 6.54 Å². The van der Waals surface area contributed by atoms with Gasteiger partial charge in [0.15, 0.2) is 0 Å². The molecule has 0 bridgehead atoms. The first kappa shape index (κ1) is 15.1. The third-order valence-electron chi connectivity index (χ3n) is 1.87. The Morgan fingerprint density at radius 3 is 2.50 bits per heavy atom. The number of hydrogen-bond acceptors (Lipinski definition) is 3. The SMILES string of the molecule is CC(C)(C)OC(=O)NNCc1ccc(Cl)c(Cl)c1. The highest BCUT2D eigenvalue weighted by Gasteiger charge is 2.15. The molecule has 1 aromatic rings. The van der Waals surface area contributed by atoms with Crippen molar-refractivity contribution in [3.8, 4) is 0 Å². The molecule has 1 aromatic carbocycles. The van der Waals surface area contributed by atoms with Crippen molar-refractivity contribution in [3.63, 3.8) is 0 Å². The number of amides is 1. The van der Waals surface area contributed by atoms with Crippen LogP contribution in [0.3, 0.4) is 0 Å². The molecule has 2 N–H and O–H groups in total. The van der Waals surface area contributed by atoms with Gasteiger partial charge in [0.05, 0.1) is 10.0 Å². The van der Waals surface area contributed by atoms with E-state index in [-0.39, 0.29) is 0 Å². The van der Waals surface area contributed by atoms with Crippen LogP contribution in [-0.4, -0.2) is 11.7 Å². The lowest BCUT2D eigenvalue weighted by atomic mass is 10.2. The molecule has 0 aliphatic rings. The number of benzene rings is 1. The Kier molecular flexibility index (Phi) is 5.26. The zero-order valence-corrected chi connectivity index (χ0v) is 12.0. The monoisotopic (exact) mass is 290 g/mol. The van der Waals surface area contributed by atoms with Gasteiger partial charge in [-0.25, -0.2) is 10.2 Å². The van der Waals surface area contributed by atoms with Gasteiger partial charge < -0.3 is 4.74 Å². The highest BCUT2D eigenvalue weighted by atomic mass is 35.5. The minimum absolute atomic E-state index is 0.427. The molecule has 0 aromatic heterocycles. The molecule has 0 fully saturated rings. The lowest BCUT2D eigenvalue weighted by Crippen LogP contribution is -2.40. The number of hydrogen-bond donors (Lipinski definition) is 2. The molecule has 18 heavy (non-hydrogen) atoms. The van der Waals surface area contributed by atoms with Crippen LogP contribution in [0.15, 0.2) is 18.2 Å². The van der Waals surface area contributed by atoms with Crippen molar-refractivity contribution < 1.29 is 9.53 Å². The Balaban J connectivity index is 2.38. The van der Waals surface area contributed by atoms with E-state index < -0.39 is 11.7 Å². The largest absolute Gasteiger partial charge is 0.443 e. The van der Waals surface area contributed by atoms with E-state index in [4.69, 9.17) is 27.9 Å². The van der Waals surface area contributed by atoms with E-state index in [9.17, 15) is 4.79 Å². The first-order valence-electron chi connectivity index (χ1n) is 5.44. The van der Waals surface area contributed by atoms with Crippen molar-refractivity contribution >= 4 is 29.3 Å². The van der Waals surface area contributed by atoms with E-state index in [1.165, 1.54) is 0 Å². The van der Waals surface area contributed by atoms with Crippen LogP contribution in [0, 0.1) is 0 Å². The Labute approximate surface area is 117 Å². The van der Waals surface area contributed by atoms with Crippen molar-refractivity contribution in [2.24, 2.45) is 0 Å². The first-order chi connectivity index (χ1) is 8.28. The fourth-order valence-electron chi connectivity index (χ4n) is 1.17. The second-order valence-corrected chi connectivity index (χ2v) is 5.54.